The molecule has 0 saturated heterocycles. The summed E-state index contributed by atoms with van der Waals surface area (Å²) in [7, 11) is 0. The van der Waals surface area contributed by atoms with Crippen molar-refractivity contribution in [1.82, 2.24) is 15.2 Å². The quantitative estimate of drug-likeness (QED) is 0.879. The van der Waals surface area contributed by atoms with Crippen LogP contribution in [-0.4, -0.2) is 21.2 Å². The normalized spacial score (nSPS) is 20.9. The number of hydrogen-bond acceptors (Lipinski definition) is 4. The summed E-state index contributed by atoms with van der Waals surface area (Å²) in [5, 5.41) is 11.7. The van der Waals surface area contributed by atoms with Gasteiger partial charge in [-0.05, 0) is 23.0 Å². The number of fused-ring (bicyclic) bond motifs is 1. The second kappa shape index (κ2) is 3.40. The van der Waals surface area contributed by atoms with Gasteiger partial charge in [-0.1, -0.05) is 39.8 Å². The highest BCUT2D eigenvalue weighted by Gasteiger charge is 2.65. The Balaban J connectivity index is 1.89. The monoisotopic (exact) mass is 242 g/mol. The van der Waals surface area contributed by atoms with Crippen LogP contribution in [0.5, 0.6) is 0 Å². The van der Waals surface area contributed by atoms with E-state index in [2.05, 4.69) is 48.2 Å². The van der Waals surface area contributed by atoms with E-state index >= 15 is 0 Å². The molecule has 1 aromatic heterocycles. The first-order valence-corrected chi connectivity index (χ1v) is 6.29. The summed E-state index contributed by atoms with van der Waals surface area (Å²) < 4.78 is 0. The Bertz CT molecular complexity index is 590. The molecular formula is C14H18N4. The van der Waals surface area contributed by atoms with Crippen LogP contribution in [0.15, 0.2) is 24.3 Å². The molecule has 0 aliphatic heterocycles. The SMILES string of the molecule is CC1(C)C(Nc2nnc3ccccc3n2)C1(C)C. The van der Waals surface area contributed by atoms with Gasteiger partial charge in [-0.3, -0.25) is 0 Å². The fourth-order valence-corrected chi connectivity index (χ4v) is 2.63. The molecule has 0 atom stereocenters. The summed E-state index contributed by atoms with van der Waals surface area (Å²) >= 11 is 0. The van der Waals surface area contributed by atoms with Crippen molar-refractivity contribution in [2.24, 2.45) is 10.8 Å². The second-order valence-corrected chi connectivity index (χ2v) is 6.14. The third-order valence-corrected chi connectivity index (χ3v) is 4.65. The van der Waals surface area contributed by atoms with E-state index in [0.29, 0.717) is 12.0 Å². The van der Waals surface area contributed by atoms with Crippen LogP contribution in [0.3, 0.4) is 0 Å². The number of nitrogens with one attached hydrogen (secondary N) is 1. The fourth-order valence-electron chi connectivity index (χ4n) is 2.63. The third kappa shape index (κ3) is 1.48. The van der Waals surface area contributed by atoms with Gasteiger partial charge in [-0.2, -0.15) is 0 Å². The first-order valence-electron chi connectivity index (χ1n) is 6.29. The van der Waals surface area contributed by atoms with E-state index in [9.17, 15) is 0 Å². The molecular weight excluding hydrogens is 224 g/mol. The molecule has 4 heteroatoms. The summed E-state index contributed by atoms with van der Waals surface area (Å²) in [6.45, 7) is 9.05. The summed E-state index contributed by atoms with van der Waals surface area (Å²) in [5.41, 5.74) is 2.24. The molecule has 1 aliphatic carbocycles. The number of hydrogen-bond donors (Lipinski definition) is 1. The smallest absolute Gasteiger partial charge is 0.243 e. The van der Waals surface area contributed by atoms with Crippen LogP contribution in [0.25, 0.3) is 11.0 Å². The molecule has 1 saturated carbocycles. The minimum Gasteiger partial charge on any atom is -0.349 e. The van der Waals surface area contributed by atoms with Gasteiger partial charge in [-0.15, -0.1) is 10.2 Å². The van der Waals surface area contributed by atoms with E-state index in [0.717, 1.165) is 11.0 Å². The van der Waals surface area contributed by atoms with Gasteiger partial charge in [0.1, 0.15) is 5.52 Å². The summed E-state index contributed by atoms with van der Waals surface area (Å²) in [6, 6.07) is 8.18. The number of anilines is 1. The van der Waals surface area contributed by atoms with E-state index in [4.69, 9.17) is 0 Å². The van der Waals surface area contributed by atoms with E-state index in [1.54, 1.807) is 0 Å². The molecule has 1 aromatic carbocycles. The van der Waals surface area contributed by atoms with Gasteiger partial charge in [0, 0.05) is 6.04 Å². The Hall–Kier alpha value is -1.71. The summed E-state index contributed by atoms with van der Waals surface area (Å²) in [4.78, 5) is 4.50. The molecule has 3 rings (SSSR count). The van der Waals surface area contributed by atoms with Gasteiger partial charge < -0.3 is 5.32 Å². The van der Waals surface area contributed by atoms with E-state index < -0.39 is 0 Å². The first-order chi connectivity index (χ1) is 8.43. The van der Waals surface area contributed by atoms with Gasteiger partial charge in [-0.25, -0.2) is 4.98 Å². The lowest BCUT2D eigenvalue weighted by Crippen LogP contribution is -2.13. The maximum Gasteiger partial charge on any atom is 0.243 e. The molecule has 0 unspecified atom stereocenters. The zero-order valence-electron chi connectivity index (χ0n) is 11.2. The maximum absolute atomic E-state index is 4.50. The van der Waals surface area contributed by atoms with Gasteiger partial charge in [0.25, 0.3) is 0 Å². The van der Waals surface area contributed by atoms with Crippen molar-refractivity contribution in [3.05, 3.63) is 24.3 Å². The van der Waals surface area contributed by atoms with Gasteiger partial charge in [0.15, 0.2) is 0 Å². The van der Waals surface area contributed by atoms with Gasteiger partial charge >= 0.3 is 0 Å². The highest BCUT2D eigenvalue weighted by atomic mass is 15.3. The molecule has 2 aromatic rings. The Morgan fingerprint density at radius 2 is 1.56 bits per heavy atom. The lowest BCUT2D eigenvalue weighted by molar-refractivity contribution is 0.457. The number of benzene rings is 1. The van der Waals surface area contributed by atoms with Crippen molar-refractivity contribution >= 4 is 17.0 Å². The Labute approximate surface area is 107 Å². The predicted molar refractivity (Wildman–Crippen MR) is 72.3 cm³/mol. The summed E-state index contributed by atoms with van der Waals surface area (Å²) in [5.74, 6) is 0.623. The first kappa shape index (κ1) is 11.4. The van der Waals surface area contributed by atoms with Crippen molar-refractivity contribution < 1.29 is 0 Å². The minimum atomic E-state index is 0.266. The average Bonchev–Trinajstić information content (AvgIpc) is 2.72. The summed E-state index contributed by atoms with van der Waals surface area (Å²) in [6.07, 6.45) is 0. The highest BCUT2D eigenvalue weighted by Crippen LogP contribution is 2.63. The van der Waals surface area contributed by atoms with Crippen molar-refractivity contribution in [3.8, 4) is 0 Å². The molecule has 1 fully saturated rings. The van der Waals surface area contributed by atoms with E-state index in [1.165, 1.54) is 0 Å². The second-order valence-electron chi connectivity index (χ2n) is 6.14. The fraction of sp³-hybridized carbons (Fsp3) is 0.500. The van der Waals surface area contributed by atoms with Crippen molar-refractivity contribution in [1.29, 1.82) is 0 Å². The molecule has 1 heterocycles. The molecule has 0 spiro atoms. The third-order valence-electron chi connectivity index (χ3n) is 4.65. The Morgan fingerprint density at radius 3 is 2.17 bits per heavy atom. The molecule has 94 valence electrons. The molecule has 1 N–H and O–H groups in total. The molecule has 0 bridgehead atoms. The number of nitrogens with zero attached hydrogens (tertiary/aromatic N) is 3. The molecule has 4 nitrogen and oxygen atoms in total. The zero-order chi connectivity index (χ0) is 13.0. The van der Waals surface area contributed by atoms with Crippen LogP contribution < -0.4 is 5.32 Å². The lowest BCUT2D eigenvalue weighted by atomic mass is 10.0. The topological polar surface area (TPSA) is 50.7 Å². The lowest BCUT2D eigenvalue weighted by Gasteiger charge is -2.06. The van der Waals surface area contributed by atoms with Crippen LogP contribution in [0.2, 0.25) is 0 Å². The molecule has 0 amide bonds. The van der Waals surface area contributed by atoms with Crippen LogP contribution in [0.4, 0.5) is 5.95 Å². The predicted octanol–water partition coefficient (Wildman–Crippen LogP) is 2.87. The number of para-hydroxylation sites is 1. The van der Waals surface area contributed by atoms with Crippen LogP contribution >= 0.6 is 0 Å². The Kier molecular flexibility index (Phi) is 2.15. The van der Waals surface area contributed by atoms with Crippen molar-refractivity contribution in [2.45, 2.75) is 33.7 Å². The van der Waals surface area contributed by atoms with Crippen LogP contribution in [0.1, 0.15) is 27.7 Å². The van der Waals surface area contributed by atoms with Crippen LogP contribution in [0, 0.1) is 10.8 Å². The average molecular weight is 242 g/mol. The van der Waals surface area contributed by atoms with E-state index in [1.807, 2.05) is 24.3 Å². The largest absolute Gasteiger partial charge is 0.349 e. The number of rotatable bonds is 2. The number of aromatic nitrogens is 3. The van der Waals surface area contributed by atoms with Crippen LogP contribution in [-0.2, 0) is 0 Å². The van der Waals surface area contributed by atoms with Crippen molar-refractivity contribution in [2.75, 3.05) is 5.32 Å². The molecule has 0 radical (unpaired) electrons. The standard InChI is InChI=1S/C14H18N4/c1-13(2)11(14(13,3)4)16-12-15-9-7-5-6-8-10(9)17-18-12/h5-8,11H,1-4H3,(H,15,16,18). The molecule has 18 heavy (non-hydrogen) atoms. The van der Waals surface area contributed by atoms with Crippen molar-refractivity contribution in [3.63, 3.8) is 0 Å². The minimum absolute atomic E-state index is 0.266. The Morgan fingerprint density at radius 1 is 0.944 bits per heavy atom. The molecule has 1 aliphatic rings. The highest BCUT2D eigenvalue weighted by molar-refractivity contribution is 5.74. The van der Waals surface area contributed by atoms with Gasteiger partial charge in [0.05, 0.1) is 5.52 Å². The zero-order valence-corrected chi connectivity index (χ0v) is 11.2. The van der Waals surface area contributed by atoms with E-state index in [-0.39, 0.29) is 10.8 Å². The maximum atomic E-state index is 4.50. The van der Waals surface area contributed by atoms with Gasteiger partial charge in [0.2, 0.25) is 5.95 Å².